The molecule has 1 unspecified atom stereocenters. The molecule has 0 radical (unpaired) electrons. The van der Waals surface area contributed by atoms with Gasteiger partial charge in [-0.1, -0.05) is 44.7 Å². The van der Waals surface area contributed by atoms with Crippen LogP contribution in [0.15, 0.2) is 33.6 Å². The largest absolute Gasteiger partial charge is 0.439 e. The fourth-order valence-corrected chi connectivity index (χ4v) is 2.65. The van der Waals surface area contributed by atoms with Gasteiger partial charge < -0.3 is 5.32 Å². The first kappa shape index (κ1) is 18.0. The lowest BCUT2D eigenvalue weighted by Crippen LogP contribution is -2.22. The molecule has 24 heavy (non-hydrogen) atoms. The number of unbranched alkanes of at least 4 members (excludes halogenated alkanes) is 3. The van der Waals surface area contributed by atoms with Crippen LogP contribution in [0.3, 0.4) is 0 Å². The maximum Gasteiger partial charge on any atom is 0.439 e. The molecule has 130 valence electrons. The molecule has 0 bridgehead atoms. The molecule has 0 aliphatic heterocycles. The number of carbonyl (C=O) groups excluding carboxylic acids is 1. The first-order chi connectivity index (χ1) is 11.6. The topological polar surface area (TPSA) is 88.0 Å². The van der Waals surface area contributed by atoms with Crippen molar-refractivity contribution in [1.29, 1.82) is 0 Å². The second-order valence-corrected chi connectivity index (χ2v) is 5.96. The van der Waals surface area contributed by atoms with Crippen LogP contribution in [0.4, 0.5) is 5.69 Å². The number of amides is 1. The Labute approximate surface area is 141 Å². The predicted molar refractivity (Wildman–Crippen MR) is 93.7 cm³/mol. The lowest BCUT2D eigenvalue weighted by atomic mass is 9.97. The first-order valence-electron chi connectivity index (χ1n) is 8.61. The Bertz CT molecular complexity index is 688. The third-order valence-corrected chi connectivity index (χ3v) is 4.14. The molecule has 1 aromatic carbocycles. The normalized spacial score (nSPS) is 12.1. The van der Waals surface area contributed by atoms with Crippen LogP contribution in [0, 0.1) is 5.92 Å². The molecule has 0 saturated heterocycles. The van der Waals surface area contributed by atoms with E-state index in [-0.39, 0.29) is 11.8 Å². The summed E-state index contributed by atoms with van der Waals surface area (Å²) in [5, 5.41) is 6.60. The SMILES string of the molecule is CCCCCCC(CC)C(=O)Nc1ccc(-c2noc(=O)[nH]2)cc1. The van der Waals surface area contributed by atoms with E-state index < -0.39 is 5.76 Å². The molecule has 6 heteroatoms. The highest BCUT2D eigenvalue weighted by molar-refractivity contribution is 5.92. The van der Waals surface area contributed by atoms with E-state index in [1.807, 2.05) is 6.92 Å². The second kappa shape index (κ2) is 9.05. The van der Waals surface area contributed by atoms with Crippen LogP contribution in [0.5, 0.6) is 0 Å². The van der Waals surface area contributed by atoms with Gasteiger partial charge in [0.05, 0.1) is 0 Å². The van der Waals surface area contributed by atoms with Crippen LogP contribution >= 0.6 is 0 Å². The van der Waals surface area contributed by atoms with E-state index in [1.54, 1.807) is 24.3 Å². The maximum atomic E-state index is 12.4. The smallest absolute Gasteiger partial charge is 0.326 e. The maximum absolute atomic E-state index is 12.4. The van der Waals surface area contributed by atoms with E-state index >= 15 is 0 Å². The van der Waals surface area contributed by atoms with Crippen LogP contribution in [0.25, 0.3) is 11.4 Å². The van der Waals surface area contributed by atoms with Gasteiger partial charge in [0, 0.05) is 17.2 Å². The molecular formula is C18H25N3O3. The molecule has 1 heterocycles. The summed E-state index contributed by atoms with van der Waals surface area (Å²) in [5.74, 6) is -0.0958. The molecule has 0 aliphatic rings. The number of nitrogens with zero attached hydrogens (tertiary/aromatic N) is 1. The summed E-state index contributed by atoms with van der Waals surface area (Å²) in [6.45, 7) is 4.23. The van der Waals surface area contributed by atoms with E-state index in [9.17, 15) is 9.59 Å². The summed E-state index contributed by atoms with van der Waals surface area (Å²) in [7, 11) is 0. The van der Waals surface area contributed by atoms with E-state index in [0.717, 1.165) is 30.5 Å². The molecular weight excluding hydrogens is 306 g/mol. The Balaban J connectivity index is 1.91. The molecule has 2 aromatic rings. The standard InChI is InChI=1S/C18H25N3O3/c1-3-5-6-7-8-13(4-2)17(22)19-15-11-9-14(10-12-15)16-20-18(23)24-21-16/h9-13H,3-8H2,1-2H3,(H,19,22)(H,20,21,23). The highest BCUT2D eigenvalue weighted by Gasteiger charge is 2.16. The Morgan fingerprint density at radius 2 is 1.96 bits per heavy atom. The minimum absolute atomic E-state index is 0.0495. The molecule has 0 saturated carbocycles. The molecule has 6 nitrogen and oxygen atoms in total. The van der Waals surface area contributed by atoms with Crippen molar-refractivity contribution in [3.05, 3.63) is 34.8 Å². The average Bonchev–Trinajstić information content (AvgIpc) is 3.02. The third-order valence-electron chi connectivity index (χ3n) is 4.14. The second-order valence-electron chi connectivity index (χ2n) is 5.96. The number of rotatable bonds is 9. The van der Waals surface area contributed by atoms with E-state index in [1.165, 1.54) is 19.3 Å². The van der Waals surface area contributed by atoms with Gasteiger partial charge in [-0.25, -0.2) is 4.79 Å². The van der Waals surface area contributed by atoms with Gasteiger partial charge in [-0.2, -0.15) is 0 Å². The summed E-state index contributed by atoms with van der Waals surface area (Å²) in [6, 6.07) is 7.16. The van der Waals surface area contributed by atoms with Crippen LogP contribution in [0.2, 0.25) is 0 Å². The molecule has 1 aromatic heterocycles. The van der Waals surface area contributed by atoms with Gasteiger partial charge >= 0.3 is 5.76 Å². The quantitative estimate of drug-likeness (QED) is 0.681. The highest BCUT2D eigenvalue weighted by atomic mass is 16.5. The number of benzene rings is 1. The Morgan fingerprint density at radius 3 is 2.54 bits per heavy atom. The predicted octanol–water partition coefficient (Wildman–Crippen LogP) is 3.97. The summed E-state index contributed by atoms with van der Waals surface area (Å²) in [6.07, 6.45) is 6.48. The number of aromatic amines is 1. The number of carbonyl (C=O) groups is 1. The lowest BCUT2D eigenvalue weighted by Gasteiger charge is -2.15. The van der Waals surface area contributed by atoms with Crippen LogP contribution < -0.4 is 11.1 Å². The first-order valence-corrected chi connectivity index (χ1v) is 8.61. The molecule has 1 amide bonds. The van der Waals surface area contributed by atoms with E-state index in [4.69, 9.17) is 0 Å². The van der Waals surface area contributed by atoms with E-state index in [0.29, 0.717) is 5.82 Å². The fraction of sp³-hybridized carbons (Fsp3) is 0.500. The summed E-state index contributed by atoms with van der Waals surface area (Å²) >= 11 is 0. The van der Waals surface area contributed by atoms with Gasteiger partial charge in [0.15, 0.2) is 5.82 Å². The molecule has 2 N–H and O–H groups in total. The van der Waals surface area contributed by atoms with Crippen molar-refractivity contribution in [2.45, 2.75) is 52.4 Å². The molecule has 0 spiro atoms. The zero-order valence-electron chi connectivity index (χ0n) is 14.3. The fourth-order valence-electron chi connectivity index (χ4n) is 2.65. The number of hydrogen-bond acceptors (Lipinski definition) is 4. The van der Waals surface area contributed by atoms with Gasteiger partial charge in [-0.3, -0.25) is 14.3 Å². The molecule has 1 atom stereocenters. The van der Waals surface area contributed by atoms with E-state index in [2.05, 4.69) is 26.9 Å². The van der Waals surface area contributed by atoms with Gasteiger partial charge in [-0.05, 0) is 37.1 Å². The Morgan fingerprint density at radius 1 is 1.21 bits per heavy atom. The number of hydrogen-bond donors (Lipinski definition) is 2. The van der Waals surface area contributed by atoms with Crippen LogP contribution in [0.1, 0.15) is 52.4 Å². The van der Waals surface area contributed by atoms with Gasteiger partial charge in [-0.15, -0.1) is 0 Å². The third kappa shape index (κ3) is 5.08. The number of anilines is 1. The number of nitrogens with one attached hydrogen (secondary N) is 2. The van der Waals surface area contributed by atoms with Crippen LogP contribution in [-0.2, 0) is 4.79 Å². The van der Waals surface area contributed by atoms with Crippen molar-refractivity contribution >= 4 is 11.6 Å². The van der Waals surface area contributed by atoms with Crippen molar-refractivity contribution in [3.8, 4) is 11.4 Å². The van der Waals surface area contributed by atoms with Gasteiger partial charge in [0.1, 0.15) is 0 Å². The molecule has 0 fully saturated rings. The summed E-state index contributed by atoms with van der Waals surface area (Å²) in [4.78, 5) is 25.8. The monoisotopic (exact) mass is 331 g/mol. The summed E-state index contributed by atoms with van der Waals surface area (Å²) < 4.78 is 4.48. The van der Waals surface area contributed by atoms with Crippen molar-refractivity contribution in [3.63, 3.8) is 0 Å². The lowest BCUT2D eigenvalue weighted by molar-refractivity contribution is -0.120. The zero-order chi connectivity index (χ0) is 17.4. The Hall–Kier alpha value is -2.37. The van der Waals surface area contributed by atoms with Crippen molar-refractivity contribution in [1.82, 2.24) is 10.1 Å². The minimum atomic E-state index is -0.587. The molecule has 0 aliphatic carbocycles. The zero-order valence-corrected chi connectivity index (χ0v) is 14.3. The van der Waals surface area contributed by atoms with Gasteiger partial charge in [0.2, 0.25) is 5.91 Å². The minimum Gasteiger partial charge on any atom is -0.326 e. The van der Waals surface area contributed by atoms with Gasteiger partial charge in [0.25, 0.3) is 0 Å². The number of H-pyrrole nitrogens is 1. The molecule has 2 rings (SSSR count). The summed E-state index contributed by atoms with van der Waals surface area (Å²) in [5.41, 5.74) is 1.46. The van der Waals surface area contributed by atoms with Crippen molar-refractivity contribution in [2.75, 3.05) is 5.32 Å². The highest BCUT2D eigenvalue weighted by Crippen LogP contribution is 2.20. The number of aromatic nitrogens is 2. The van der Waals surface area contributed by atoms with Crippen LogP contribution in [-0.4, -0.2) is 16.0 Å². The van der Waals surface area contributed by atoms with Crippen molar-refractivity contribution in [2.24, 2.45) is 5.92 Å². The van der Waals surface area contributed by atoms with Crippen molar-refractivity contribution < 1.29 is 9.32 Å². The Kier molecular flexibility index (Phi) is 6.78. The average molecular weight is 331 g/mol.